The fraction of sp³-hybridized carbons (Fsp3) is 0.167. The molecule has 1 amide bonds. The van der Waals surface area contributed by atoms with E-state index in [0.29, 0.717) is 0 Å². The number of carbonyl (C=O) groups is 1. The van der Waals surface area contributed by atoms with E-state index < -0.39 is 6.04 Å². The van der Waals surface area contributed by atoms with Crippen LogP contribution in [0.3, 0.4) is 0 Å². The number of nitrogens with one attached hydrogen (secondary N) is 1. The summed E-state index contributed by atoms with van der Waals surface area (Å²) in [6, 6.07) is 4.97. The maximum absolute atomic E-state index is 11.2. The molecule has 92 valence electrons. The standard InChI is InChI=1S/C12H13N5O/c1-8(13)12(18)17-16-7-9-3-2-4-10-11(9)15-6-5-14-10/h2-8H,13H2,1H3,(H,17,18). The molecule has 0 radical (unpaired) electrons. The Kier molecular flexibility index (Phi) is 3.59. The average Bonchev–Trinajstić information content (AvgIpc) is 2.38. The number of benzene rings is 1. The van der Waals surface area contributed by atoms with Crippen molar-refractivity contribution in [2.75, 3.05) is 0 Å². The summed E-state index contributed by atoms with van der Waals surface area (Å²) in [5.41, 5.74) is 10.0. The minimum absolute atomic E-state index is 0.336. The second kappa shape index (κ2) is 5.33. The molecular formula is C12H13N5O. The highest BCUT2D eigenvalue weighted by atomic mass is 16.2. The van der Waals surface area contributed by atoms with Gasteiger partial charge < -0.3 is 5.73 Å². The lowest BCUT2D eigenvalue weighted by atomic mass is 10.2. The predicted molar refractivity (Wildman–Crippen MR) is 68.9 cm³/mol. The summed E-state index contributed by atoms with van der Waals surface area (Å²) in [6.45, 7) is 1.59. The molecule has 6 nitrogen and oxygen atoms in total. The van der Waals surface area contributed by atoms with E-state index in [-0.39, 0.29) is 5.91 Å². The van der Waals surface area contributed by atoms with Crippen LogP contribution in [0.15, 0.2) is 35.7 Å². The highest BCUT2D eigenvalue weighted by Gasteiger charge is 2.04. The molecule has 6 heteroatoms. The van der Waals surface area contributed by atoms with E-state index in [1.165, 1.54) is 6.21 Å². The molecule has 0 saturated carbocycles. The van der Waals surface area contributed by atoms with Gasteiger partial charge in [-0.2, -0.15) is 5.10 Å². The zero-order valence-electron chi connectivity index (χ0n) is 9.87. The summed E-state index contributed by atoms with van der Waals surface area (Å²) >= 11 is 0. The number of nitrogens with two attached hydrogens (primary N) is 1. The molecule has 2 rings (SSSR count). The molecule has 18 heavy (non-hydrogen) atoms. The average molecular weight is 243 g/mol. The van der Waals surface area contributed by atoms with Crippen LogP contribution in [0, 0.1) is 0 Å². The van der Waals surface area contributed by atoms with Crippen molar-refractivity contribution in [3.8, 4) is 0 Å². The summed E-state index contributed by atoms with van der Waals surface area (Å²) < 4.78 is 0. The van der Waals surface area contributed by atoms with Crippen LogP contribution in [0.1, 0.15) is 12.5 Å². The van der Waals surface area contributed by atoms with Crippen LogP contribution in [0.4, 0.5) is 0 Å². The number of hydrogen-bond donors (Lipinski definition) is 2. The van der Waals surface area contributed by atoms with E-state index >= 15 is 0 Å². The number of hydrazone groups is 1. The lowest BCUT2D eigenvalue weighted by Gasteiger charge is -2.02. The number of aromatic nitrogens is 2. The van der Waals surface area contributed by atoms with Crippen LogP contribution in [0.25, 0.3) is 11.0 Å². The maximum atomic E-state index is 11.2. The van der Waals surface area contributed by atoms with Crippen LogP contribution in [-0.4, -0.2) is 28.1 Å². The smallest absolute Gasteiger partial charge is 0.256 e. The third-order valence-corrected chi connectivity index (χ3v) is 2.32. The van der Waals surface area contributed by atoms with Gasteiger partial charge in [-0.3, -0.25) is 14.8 Å². The molecule has 0 bridgehead atoms. The van der Waals surface area contributed by atoms with E-state index in [0.717, 1.165) is 16.6 Å². The number of amides is 1. The lowest BCUT2D eigenvalue weighted by Crippen LogP contribution is -2.35. The maximum Gasteiger partial charge on any atom is 0.256 e. The van der Waals surface area contributed by atoms with Gasteiger partial charge in [0.05, 0.1) is 23.3 Å². The Morgan fingerprint density at radius 1 is 1.44 bits per heavy atom. The SMILES string of the molecule is CC(N)C(=O)NN=Cc1cccc2nccnc12. The van der Waals surface area contributed by atoms with Gasteiger partial charge in [0.1, 0.15) is 0 Å². The zero-order chi connectivity index (χ0) is 13.0. The van der Waals surface area contributed by atoms with Gasteiger partial charge in [0, 0.05) is 18.0 Å². The van der Waals surface area contributed by atoms with Crippen LogP contribution >= 0.6 is 0 Å². The van der Waals surface area contributed by atoms with Gasteiger partial charge in [-0.1, -0.05) is 12.1 Å². The van der Waals surface area contributed by atoms with Gasteiger partial charge in [0.15, 0.2) is 0 Å². The zero-order valence-corrected chi connectivity index (χ0v) is 9.87. The molecule has 1 atom stereocenters. The third-order valence-electron chi connectivity index (χ3n) is 2.32. The van der Waals surface area contributed by atoms with E-state index in [9.17, 15) is 4.79 Å². The largest absolute Gasteiger partial charge is 0.320 e. The molecule has 0 fully saturated rings. The quantitative estimate of drug-likeness (QED) is 0.603. The van der Waals surface area contributed by atoms with Crippen molar-refractivity contribution >= 4 is 23.2 Å². The van der Waals surface area contributed by atoms with Crippen molar-refractivity contribution in [3.63, 3.8) is 0 Å². The van der Waals surface area contributed by atoms with E-state index in [1.807, 2.05) is 18.2 Å². The highest BCUT2D eigenvalue weighted by Crippen LogP contribution is 2.11. The summed E-state index contributed by atoms with van der Waals surface area (Å²) in [7, 11) is 0. The molecule has 0 aliphatic rings. The number of carbonyl (C=O) groups excluding carboxylic acids is 1. The van der Waals surface area contributed by atoms with E-state index in [4.69, 9.17) is 5.73 Å². The Labute approximate surface area is 104 Å². The Balaban J connectivity index is 2.22. The van der Waals surface area contributed by atoms with Gasteiger partial charge in [0.25, 0.3) is 5.91 Å². The first-order valence-electron chi connectivity index (χ1n) is 5.46. The number of nitrogens with zero attached hydrogens (tertiary/aromatic N) is 3. The summed E-state index contributed by atoms with van der Waals surface area (Å²) in [5.74, 6) is -0.336. The van der Waals surface area contributed by atoms with E-state index in [1.54, 1.807) is 19.3 Å². The number of fused-ring (bicyclic) bond motifs is 1. The van der Waals surface area contributed by atoms with Crippen molar-refractivity contribution in [3.05, 3.63) is 36.2 Å². The van der Waals surface area contributed by atoms with Crippen molar-refractivity contribution in [1.82, 2.24) is 15.4 Å². The molecule has 0 aliphatic carbocycles. The summed E-state index contributed by atoms with van der Waals surface area (Å²) in [4.78, 5) is 19.6. The molecule has 2 aromatic rings. The summed E-state index contributed by atoms with van der Waals surface area (Å²) in [6.07, 6.45) is 4.76. The monoisotopic (exact) mass is 243 g/mol. The van der Waals surface area contributed by atoms with Gasteiger partial charge in [-0.15, -0.1) is 0 Å². The second-order valence-electron chi connectivity index (χ2n) is 3.79. The first-order chi connectivity index (χ1) is 8.68. The van der Waals surface area contributed by atoms with Crippen LogP contribution < -0.4 is 11.2 Å². The molecule has 0 spiro atoms. The predicted octanol–water partition coefficient (Wildman–Crippen LogP) is 0.427. The number of hydrogen-bond acceptors (Lipinski definition) is 5. The van der Waals surface area contributed by atoms with Gasteiger partial charge in [-0.25, -0.2) is 5.43 Å². The Hall–Kier alpha value is -2.34. The van der Waals surface area contributed by atoms with Crippen molar-refractivity contribution in [2.45, 2.75) is 13.0 Å². The van der Waals surface area contributed by atoms with Gasteiger partial charge in [0.2, 0.25) is 0 Å². The van der Waals surface area contributed by atoms with Crippen molar-refractivity contribution in [2.24, 2.45) is 10.8 Å². The first-order valence-corrected chi connectivity index (χ1v) is 5.46. The number of para-hydroxylation sites is 1. The molecule has 0 saturated heterocycles. The molecular weight excluding hydrogens is 230 g/mol. The third kappa shape index (κ3) is 2.67. The molecule has 1 aromatic carbocycles. The van der Waals surface area contributed by atoms with Crippen molar-refractivity contribution < 1.29 is 4.79 Å². The first kappa shape index (κ1) is 12.1. The summed E-state index contributed by atoms with van der Waals surface area (Å²) in [5, 5.41) is 3.84. The Morgan fingerprint density at radius 3 is 3.00 bits per heavy atom. The van der Waals surface area contributed by atoms with E-state index in [2.05, 4.69) is 20.5 Å². The fourth-order valence-corrected chi connectivity index (χ4v) is 1.39. The minimum atomic E-state index is -0.588. The lowest BCUT2D eigenvalue weighted by molar-refractivity contribution is -0.121. The van der Waals surface area contributed by atoms with Crippen LogP contribution in [-0.2, 0) is 4.79 Å². The van der Waals surface area contributed by atoms with Crippen LogP contribution in [0.2, 0.25) is 0 Å². The molecule has 1 aromatic heterocycles. The molecule has 1 unspecified atom stereocenters. The number of rotatable bonds is 3. The normalized spacial score (nSPS) is 12.8. The molecule has 3 N–H and O–H groups in total. The molecule has 1 heterocycles. The Morgan fingerprint density at radius 2 is 2.22 bits per heavy atom. The second-order valence-corrected chi connectivity index (χ2v) is 3.79. The topological polar surface area (TPSA) is 93.3 Å². The van der Waals surface area contributed by atoms with Crippen LogP contribution in [0.5, 0.6) is 0 Å². The molecule has 0 aliphatic heterocycles. The Bertz CT molecular complexity index is 589. The fourth-order valence-electron chi connectivity index (χ4n) is 1.39. The van der Waals surface area contributed by atoms with Gasteiger partial charge >= 0.3 is 0 Å². The highest BCUT2D eigenvalue weighted by molar-refractivity contribution is 5.96. The van der Waals surface area contributed by atoms with Gasteiger partial charge in [-0.05, 0) is 13.0 Å². The van der Waals surface area contributed by atoms with Crippen molar-refractivity contribution in [1.29, 1.82) is 0 Å². The minimum Gasteiger partial charge on any atom is -0.320 e.